The summed E-state index contributed by atoms with van der Waals surface area (Å²) in [5, 5.41) is 4.85. The van der Waals surface area contributed by atoms with E-state index in [4.69, 9.17) is 0 Å². The van der Waals surface area contributed by atoms with Crippen LogP contribution in [0.5, 0.6) is 0 Å². The standard InChI is InChI=1S/C22H16N4O/c27-22(26-24-14-16-7-2-1-3-8-16)19-13-21(17-9-6-12-23-15-17)25-20-11-5-4-10-18(19)20/h1-15H,(H,26,27). The summed E-state index contributed by atoms with van der Waals surface area (Å²) in [7, 11) is 0. The van der Waals surface area contributed by atoms with E-state index < -0.39 is 0 Å². The first kappa shape index (κ1) is 16.6. The number of amides is 1. The molecule has 0 saturated carbocycles. The molecule has 130 valence electrons. The van der Waals surface area contributed by atoms with Crippen molar-refractivity contribution < 1.29 is 4.79 Å². The van der Waals surface area contributed by atoms with Gasteiger partial charge in [0.2, 0.25) is 0 Å². The molecular formula is C22H16N4O. The van der Waals surface area contributed by atoms with Crippen LogP contribution < -0.4 is 5.43 Å². The van der Waals surface area contributed by atoms with Crippen LogP contribution in [-0.4, -0.2) is 22.1 Å². The van der Waals surface area contributed by atoms with Gasteiger partial charge in [0.05, 0.1) is 23.0 Å². The van der Waals surface area contributed by atoms with Crippen LogP contribution in [0.1, 0.15) is 15.9 Å². The van der Waals surface area contributed by atoms with Crippen molar-refractivity contribution in [2.75, 3.05) is 0 Å². The molecule has 0 radical (unpaired) electrons. The van der Waals surface area contributed by atoms with Gasteiger partial charge in [-0.1, -0.05) is 48.5 Å². The van der Waals surface area contributed by atoms with Gasteiger partial charge in [-0.2, -0.15) is 5.10 Å². The van der Waals surface area contributed by atoms with Gasteiger partial charge in [0.1, 0.15) is 0 Å². The minimum Gasteiger partial charge on any atom is -0.267 e. The van der Waals surface area contributed by atoms with E-state index in [2.05, 4.69) is 20.5 Å². The van der Waals surface area contributed by atoms with Crippen molar-refractivity contribution in [1.29, 1.82) is 0 Å². The highest BCUT2D eigenvalue weighted by Crippen LogP contribution is 2.24. The summed E-state index contributed by atoms with van der Waals surface area (Å²) in [6.07, 6.45) is 5.05. The third-order valence-electron chi connectivity index (χ3n) is 4.10. The SMILES string of the molecule is O=C(NN=Cc1ccccc1)c1cc(-c2cccnc2)nc2ccccc12. The normalized spacial score (nSPS) is 11.0. The van der Waals surface area contributed by atoms with E-state index in [-0.39, 0.29) is 5.91 Å². The molecule has 4 aromatic rings. The van der Waals surface area contributed by atoms with Crippen molar-refractivity contribution in [2.24, 2.45) is 5.10 Å². The summed E-state index contributed by atoms with van der Waals surface area (Å²) in [6.45, 7) is 0. The van der Waals surface area contributed by atoms with Crippen LogP contribution in [0.25, 0.3) is 22.2 Å². The number of hydrazone groups is 1. The number of benzene rings is 2. The number of aromatic nitrogens is 2. The molecule has 0 fully saturated rings. The van der Waals surface area contributed by atoms with Crippen LogP contribution in [0.3, 0.4) is 0 Å². The molecule has 0 saturated heterocycles. The van der Waals surface area contributed by atoms with Crippen LogP contribution in [0, 0.1) is 0 Å². The van der Waals surface area contributed by atoms with Gasteiger partial charge in [-0.3, -0.25) is 9.78 Å². The molecule has 5 nitrogen and oxygen atoms in total. The Labute approximate surface area is 156 Å². The number of hydrogen-bond acceptors (Lipinski definition) is 4. The molecule has 0 aliphatic rings. The second kappa shape index (κ2) is 7.58. The number of para-hydroxylation sites is 1. The van der Waals surface area contributed by atoms with E-state index in [9.17, 15) is 4.79 Å². The van der Waals surface area contributed by atoms with Crippen molar-refractivity contribution in [3.63, 3.8) is 0 Å². The van der Waals surface area contributed by atoms with E-state index in [1.165, 1.54) is 0 Å². The van der Waals surface area contributed by atoms with Gasteiger partial charge in [-0.25, -0.2) is 10.4 Å². The fourth-order valence-corrected chi connectivity index (χ4v) is 2.79. The predicted octanol–water partition coefficient (Wildman–Crippen LogP) is 4.06. The van der Waals surface area contributed by atoms with Crippen molar-refractivity contribution in [2.45, 2.75) is 0 Å². The number of hydrogen-bond donors (Lipinski definition) is 1. The van der Waals surface area contributed by atoms with Gasteiger partial charge in [-0.15, -0.1) is 0 Å². The van der Waals surface area contributed by atoms with Crippen LogP contribution in [0.15, 0.2) is 90.3 Å². The van der Waals surface area contributed by atoms with E-state index in [1.807, 2.05) is 66.7 Å². The maximum Gasteiger partial charge on any atom is 0.272 e. The van der Waals surface area contributed by atoms with E-state index in [0.717, 1.165) is 22.0 Å². The molecule has 1 N–H and O–H groups in total. The Hall–Kier alpha value is -3.86. The Morgan fingerprint density at radius 3 is 2.59 bits per heavy atom. The molecule has 27 heavy (non-hydrogen) atoms. The zero-order chi connectivity index (χ0) is 18.5. The van der Waals surface area contributed by atoms with E-state index in [0.29, 0.717) is 11.3 Å². The first-order valence-corrected chi connectivity index (χ1v) is 8.50. The number of pyridine rings is 2. The largest absolute Gasteiger partial charge is 0.272 e. The maximum absolute atomic E-state index is 12.8. The molecule has 4 rings (SSSR count). The lowest BCUT2D eigenvalue weighted by atomic mass is 10.0. The lowest BCUT2D eigenvalue weighted by molar-refractivity contribution is 0.0957. The highest BCUT2D eigenvalue weighted by Gasteiger charge is 2.13. The van der Waals surface area contributed by atoms with Crippen LogP contribution in [0.2, 0.25) is 0 Å². The third-order valence-corrected chi connectivity index (χ3v) is 4.10. The van der Waals surface area contributed by atoms with Crippen LogP contribution in [-0.2, 0) is 0 Å². The Morgan fingerprint density at radius 1 is 0.963 bits per heavy atom. The number of fused-ring (bicyclic) bond motifs is 1. The zero-order valence-electron chi connectivity index (χ0n) is 14.4. The summed E-state index contributed by atoms with van der Waals surface area (Å²) in [4.78, 5) is 21.6. The second-order valence-corrected chi connectivity index (χ2v) is 5.92. The predicted molar refractivity (Wildman–Crippen MR) is 106 cm³/mol. The van der Waals surface area contributed by atoms with Crippen molar-refractivity contribution >= 4 is 23.0 Å². The van der Waals surface area contributed by atoms with Crippen molar-refractivity contribution in [1.82, 2.24) is 15.4 Å². The number of carbonyl (C=O) groups is 1. The smallest absolute Gasteiger partial charge is 0.267 e. The molecule has 5 heteroatoms. The fraction of sp³-hybridized carbons (Fsp3) is 0. The van der Waals surface area contributed by atoms with Gasteiger partial charge in [0.25, 0.3) is 5.91 Å². The summed E-state index contributed by atoms with van der Waals surface area (Å²) in [5.41, 5.74) is 6.33. The average molecular weight is 352 g/mol. The van der Waals surface area contributed by atoms with E-state index >= 15 is 0 Å². The molecule has 0 spiro atoms. The Bertz CT molecular complexity index is 1110. The first-order valence-electron chi connectivity index (χ1n) is 8.50. The van der Waals surface area contributed by atoms with Crippen molar-refractivity contribution in [3.05, 3.63) is 96.3 Å². The van der Waals surface area contributed by atoms with Gasteiger partial charge >= 0.3 is 0 Å². The molecule has 0 aliphatic carbocycles. The average Bonchev–Trinajstić information content (AvgIpc) is 2.74. The summed E-state index contributed by atoms with van der Waals surface area (Å²) in [5.74, 6) is -0.286. The topological polar surface area (TPSA) is 67.2 Å². The maximum atomic E-state index is 12.8. The number of rotatable bonds is 4. The van der Waals surface area contributed by atoms with Gasteiger partial charge in [0.15, 0.2) is 0 Å². The molecule has 0 unspecified atom stereocenters. The number of nitrogens with zero attached hydrogens (tertiary/aromatic N) is 3. The number of carbonyl (C=O) groups excluding carboxylic acids is 1. The van der Waals surface area contributed by atoms with Gasteiger partial charge in [0, 0.05) is 23.3 Å². The highest BCUT2D eigenvalue weighted by atomic mass is 16.2. The quantitative estimate of drug-likeness (QED) is 0.445. The lowest BCUT2D eigenvalue weighted by Crippen LogP contribution is -2.18. The molecular weight excluding hydrogens is 336 g/mol. The first-order chi connectivity index (χ1) is 13.3. The molecule has 2 heterocycles. The Kier molecular flexibility index (Phi) is 4.66. The third kappa shape index (κ3) is 3.72. The van der Waals surface area contributed by atoms with Crippen LogP contribution in [0.4, 0.5) is 0 Å². The fourth-order valence-electron chi connectivity index (χ4n) is 2.79. The molecule has 1 amide bonds. The highest BCUT2D eigenvalue weighted by molar-refractivity contribution is 6.07. The summed E-state index contributed by atoms with van der Waals surface area (Å²) >= 11 is 0. The minimum atomic E-state index is -0.286. The van der Waals surface area contributed by atoms with E-state index in [1.54, 1.807) is 24.7 Å². The summed E-state index contributed by atoms with van der Waals surface area (Å²) < 4.78 is 0. The molecule has 2 aromatic carbocycles. The Morgan fingerprint density at radius 2 is 1.78 bits per heavy atom. The second-order valence-electron chi connectivity index (χ2n) is 5.92. The molecule has 0 bridgehead atoms. The minimum absolute atomic E-state index is 0.286. The molecule has 0 aliphatic heterocycles. The van der Waals surface area contributed by atoms with Crippen LogP contribution >= 0.6 is 0 Å². The monoisotopic (exact) mass is 352 g/mol. The number of nitrogens with one attached hydrogen (secondary N) is 1. The summed E-state index contributed by atoms with van der Waals surface area (Å²) in [6, 6.07) is 22.7. The lowest BCUT2D eigenvalue weighted by Gasteiger charge is -2.08. The van der Waals surface area contributed by atoms with Gasteiger partial charge in [-0.05, 0) is 29.8 Å². The van der Waals surface area contributed by atoms with Crippen molar-refractivity contribution in [3.8, 4) is 11.3 Å². The Balaban J connectivity index is 1.69. The van der Waals surface area contributed by atoms with Gasteiger partial charge < -0.3 is 0 Å². The zero-order valence-corrected chi connectivity index (χ0v) is 14.4. The molecule has 2 aromatic heterocycles. The molecule has 0 atom stereocenters.